The van der Waals surface area contributed by atoms with Crippen molar-refractivity contribution < 1.29 is 13.2 Å². The van der Waals surface area contributed by atoms with Crippen LogP contribution in [0.2, 0.25) is 0 Å². The van der Waals surface area contributed by atoms with Gasteiger partial charge in [-0.05, 0) is 31.2 Å². The number of hydrogen-bond acceptors (Lipinski definition) is 4. The minimum Gasteiger partial charge on any atom is -0.312 e. The van der Waals surface area contributed by atoms with Crippen molar-refractivity contribution in [1.82, 2.24) is 9.55 Å². The molecule has 1 aromatic heterocycles. The molecule has 1 amide bonds. The third kappa shape index (κ3) is 3.56. The highest BCUT2D eigenvalue weighted by Gasteiger charge is 2.33. The van der Waals surface area contributed by atoms with Crippen molar-refractivity contribution in [3.05, 3.63) is 42.5 Å². The maximum atomic E-state index is 12.1. The molecule has 0 spiro atoms. The van der Waals surface area contributed by atoms with Gasteiger partial charge < -0.3 is 9.47 Å². The van der Waals surface area contributed by atoms with Crippen LogP contribution in [-0.4, -0.2) is 36.2 Å². The van der Waals surface area contributed by atoms with E-state index in [0.29, 0.717) is 6.54 Å². The summed E-state index contributed by atoms with van der Waals surface area (Å²) < 4.78 is 24.3. The van der Waals surface area contributed by atoms with Crippen LogP contribution in [0.25, 0.3) is 5.69 Å². The van der Waals surface area contributed by atoms with E-state index in [1.54, 1.807) is 11.1 Å². The van der Waals surface area contributed by atoms with Crippen molar-refractivity contribution in [2.24, 2.45) is 5.92 Å². The number of rotatable bonds is 4. The van der Waals surface area contributed by atoms with Gasteiger partial charge in [0.25, 0.3) is 0 Å². The van der Waals surface area contributed by atoms with Gasteiger partial charge in [0.1, 0.15) is 5.82 Å². The molecule has 1 saturated heterocycles. The van der Waals surface area contributed by atoms with Gasteiger partial charge in [-0.1, -0.05) is 0 Å². The summed E-state index contributed by atoms with van der Waals surface area (Å²) in [6, 6.07) is 7.51. The number of carbonyl (C=O) groups excluding carboxylic acids is 1. The molecule has 0 aliphatic carbocycles. The monoisotopic (exact) mass is 353 g/mol. The highest BCUT2D eigenvalue weighted by Crippen LogP contribution is 2.27. The van der Waals surface area contributed by atoms with Gasteiger partial charge in [0.15, 0.2) is 0 Å². The van der Waals surface area contributed by atoms with E-state index in [4.69, 9.17) is 10.7 Å². The van der Waals surface area contributed by atoms with E-state index in [9.17, 15) is 13.2 Å². The van der Waals surface area contributed by atoms with Crippen LogP contribution in [0.1, 0.15) is 12.2 Å². The zero-order valence-corrected chi connectivity index (χ0v) is 14.1. The lowest BCUT2D eigenvalue weighted by molar-refractivity contribution is -0.117. The predicted molar refractivity (Wildman–Crippen MR) is 88.4 cm³/mol. The maximum absolute atomic E-state index is 12.1. The quantitative estimate of drug-likeness (QED) is 0.789. The number of imidazole rings is 1. The first kappa shape index (κ1) is 16.0. The zero-order chi connectivity index (χ0) is 16.6. The van der Waals surface area contributed by atoms with Gasteiger partial charge in [0.05, 0.1) is 5.75 Å². The SMILES string of the molecule is Cc1nccn1-c1ccc(N2CC(CS(=O)(=O)Cl)CC2=O)cc1. The molecule has 1 unspecified atom stereocenters. The molecule has 6 nitrogen and oxygen atoms in total. The van der Waals surface area contributed by atoms with Crippen LogP contribution in [0, 0.1) is 12.8 Å². The molecule has 1 fully saturated rings. The third-order valence-electron chi connectivity index (χ3n) is 3.91. The van der Waals surface area contributed by atoms with Crippen LogP contribution in [0.15, 0.2) is 36.7 Å². The standard InChI is InChI=1S/C15H16ClN3O3S/c1-11-17-6-7-18(11)13-2-4-14(5-3-13)19-9-12(8-15(19)20)10-23(16,21)22/h2-7,12H,8-10H2,1H3. The molecule has 3 rings (SSSR count). The molecule has 122 valence electrons. The maximum Gasteiger partial charge on any atom is 0.232 e. The van der Waals surface area contributed by atoms with E-state index < -0.39 is 9.05 Å². The zero-order valence-electron chi connectivity index (χ0n) is 12.5. The Labute approximate surface area is 139 Å². The van der Waals surface area contributed by atoms with Gasteiger partial charge in [-0.3, -0.25) is 4.79 Å². The minimum atomic E-state index is -3.59. The molecule has 0 radical (unpaired) electrons. The molecule has 0 bridgehead atoms. The number of nitrogens with zero attached hydrogens (tertiary/aromatic N) is 3. The van der Waals surface area contributed by atoms with Crippen molar-refractivity contribution in [3.63, 3.8) is 0 Å². The second kappa shape index (κ2) is 5.98. The van der Waals surface area contributed by atoms with Gasteiger partial charge in [0.2, 0.25) is 15.0 Å². The predicted octanol–water partition coefficient (Wildman–Crippen LogP) is 2.10. The number of carbonyl (C=O) groups is 1. The van der Waals surface area contributed by atoms with Crippen LogP contribution >= 0.6 is 10.7 Å². The number of aryl methyl sites for hydroxylation is 1. The van der Waals surface area contributed by atoms with Crippen molar-refractivity contribution in [1.29, 1.82) is 0 Å². The Hall–Kier alpha value is -1.86. The third-order valence-corrected chi connectivity index (χ3v) is 5.15. The Morgan fingerprint density at radius 3 is 2.48 bits per heavy atom. The first-order valence-corrected chi connectivity index (χ1v) is 9.64. The first-order chi connectivity index (χ1) is 10.8. The average Bonchev–Trinajstić information content (AvgIpc) is 3.03. The van der Waals surface area contributed by atoms with E-state index in [1.807, 2.05) is 42.0 Å². The van der Waals surface area contributed by atoms with E-state index in [-0.39, 0.29) is 24.0 Å². The molecule has 2 aromatic rings. The molecule has 2 heterocycles. The van der Waals surface area contributed by atoms with Crippen LogP contribution in [0.3, 0.4) is 0 Å². The molecule has 1 aliphatic rings. The second-order valence-corrected chi connectivity index (χ2v) is 8.46. The Morgan fingerprint density at radius 1 is 1.26 bits per heavy atom. The lowest BCUT2D eigenvalue weighted by Crippen LogP contribution is -2.25. The summed E-state index contributed by atoms with van der Waals surface area (Å²) in [7, 11) is 1.69. The topological polar surface area (TPSA) is 72.3 Å². The fourth-order valence-corrected chi connectivity index (χ4v) is 4.19. The molecule has 0 N–H and O–H groups in total. The van der Waals surface area contributed by atoms with Gasteiger partial charge in [0, 0.05) is 53.3 Å². The van der Waals surface area contributed by atoms with Gasteiger partial charge in [-0.15, -0.1) is 0 Å². The number of aromatic nitrogens is 2. The van der Waals surface area contributed by atoms with Gasteiger partial charge in [-0.2, -0.15) is 0 Å². The van der Waals surface area contributed by atoms with Crippen molar-refractivity contribution in [3.8, 4) is 5.69 Å². The van der Waals surface area contributed by atoms with Crippen LogP contribution in [0.4, 0.5) is 5.69 Å². The fraction of sp³-hybridized carbons (Fsp3) is 0.333. The van der Waals surface area contributed by atoms with Crippen molar-refractivity contribution in [2.75, 3.05) is 17.2 Å². The Balaban J connectivity index is 1.77. The van der Waals surface area contributed by atoms with Crippen molar-refractivity contribution >= 4 is 31.3 Å². The fourth-order valence-electron chi connectivity index (χ4n) is 2.87. The van der Waals surface area contributed by atoms with Crippen LogP contribution in [0.5, 0.6) is 0 Å². The summed E-state index contributed by atoms with van der Waals surface area (Å²) in [5.41, 5.74) is 1.71. The highest BCUT2D eigenvalue weighted by molar-refractivity contribution is 8.13. The molecular weight excluding hydrogens is 338 g/mol. The number of anilines is 1. The Morgan fingerprint density at radius 2 is 1.91 bits per heavy atom. The summed E-state index contributed by atoms with van der Waals surface area (Å²) >= 11 is 0. The van der Waals surface area contributed by atoms with E-state index in [1.165, 1.54) is 0 Å². The number of halogens is 1. The van der Waals surface area contributed by atoms with Gasteiger partial charge in [-0.25, -0.2) is 13.4 Å². The minimum absolute atomic E-state index is 0.0816. The number of amides is 1. The summed E-state index contributed by atoms with van der Waals surface area (Å²) in [5.74, 6) is 0.355. The summed E-state index contributed by atoms with van der Waals surface area (Å²) in [6.45, 7) is 2.28. The van der Waals surface area contributed by atoms with Crippen molar-refractivity contribution in [2.45, 2.75) is 13.3 Å². The molecule has 0 saturated carbocycles. The van der Waals surface area contributed by atoms with Crippen LogP contribution in [-0.2, 0) is 13.8 Å². The second-order valence-electron chi connectivity index (χ2n) is 5.64. The molecule has 1 atom stereocenters. The molecule has 8 heteroatoms. The Bertz CT molecular complexity index is 830. The first-order valence-electron chi connectivity index (χ1n) is 7.16. The lowest BCUT2D eigenvalue weighted by atomic mass is 10.1. The molecule has 1 aromatic carbocycles. The molecule has 23 heavy (non-hydrogen) atoms. The molecule has 1 aliphatic heterocycles. The van der Waals surface area contributed by atoms with Crippen LogP contribution < -0.4 is 4.90 Å². The number of benzene rings is 1. The van der Waals surface area contributed by atoms with Gasteiger partial charge >= 0.3 is 0 Å². The average molecular weight is 354 g/mol. The van der Waals surface area contributed by atoms with E-state index in [0.717, 1.165) is 17.2 Å². The number of hydrogen-bond donors (Lipinski definition) is 0. The summed E-state index contributed by atoms with van der Waals surface area (Å²) in [5, 5.41) is 0. The van der Waals surface area contributed by atoms with E-state index >= 15 is 0 Å². The summed E-state index contributed by atoms with van der Waals surface area (Å²) in [6.07, 6.45) is 3.80. The Kier molecular flexibility index (Phi) is 4.16. The summed E-state index contributed by atoms with van der Waals surface area (Å²) in [4.78, 5) is 17.9. The highest BCUT2D eigenvalue weighted by atomic mass is 35.7. The smallest absolute Gasteiger partial charge is 0.232 e. The normalized spacial score (nSPS) is 18.6. The van der Waals surface area contributed by atoms with E-state index in [2.05, 4.69) is 4.98 Å². The molecular formula is C15H16ClN3O3S. The largest absolute Gasteiger partial charge is 0.312 e. The lowest BCUT2D eigenvalue weighted by Gasteiger charge is -2.17.